The van der Waals surface area contributed by atoms with Crippen molar-refractivity contribution in [2.24, 2.45) is 0 Å². The molecule has 0 aromatic carbocycles. The van der Waals surface area contributed by atoms with Gasteiger partial charge in [-0.15, -0.1) is 0 Å². The maximum Gasteiger partial charge on any atom is 0.326 e. The van der Waals surface area contributed by atoms with Crippen LogP contribution in [0, 0.1) is 0 Å². The molecule has 0 unspecified atom stereocenters. The van der Waals surface area contributed by atoms with Gasteiger partial charge in [0.05, 0.1) is 12.8 Å². The molecule has 1 atom stereocenters. The highest BCUT2D eigenvalue weighted by Crippen LogP contribution is 2.06. The number of hydrogen-bond acceptors (Lipinski definition) is 3. The minimum Gasteiger partial charge on any atom is -0.480 e. The maximum atomic E-state index is 12.0. The molecule has 0 fully saturated rings. The van der Waals surface area contributed by atoms with Gasteiger partial charge in [-0.2, -0.15) is 0 Å². The van der Waals surface area contributed by atoms with Crippen molar-refractivity contribution >= 4 is 12.0 Å². The van der Waals surface area contributed by atoms with Crippen LogP contribution in [0.5, 0.6) is 0 Å². The highest BCUT2D eigenvalue weighted by molar-refractivity contribution is 5.82. The summed E-state index contributed by atoms with van der Waals surface area (Å²) in [6, 6.07) is 2.29. The van der Waals surface area contributed by atoms with E-state index in [9.17, 15) is 9.59 Å². The van der Waals surface area contributed by atoms with Crippen LogP contribution in [0.2, 0.25) is 0 Å². The van der Waals surface area contributed by atoms with Gasteiger partial charge in [0, 0.05) is 6.54 Å². The third-order valence-corrected chi connectivity index (χ3v) is 2.77. The highest BCUT2D eigenvalue weighted by Gasteiger charge is 2.22. The Labute approximate surface area is 112 Å². The fourth-order valence-electron chi connectivity index (χ4n) is 1.70. The van der Waals surface area contributed by atoms with E-state index >= 15 is 0 Å². The van der Waals surface area contributed by atoms with Gasteiger partial charge in [0.1, 0.15) is 11.8 Å². The second kappa shape index (κ2) is 7.45. The van der Waals surface area contributed by atoms with E-state index < -0.39 is 12.0 Å². The normalized spacial score (nSPS) is 11.9. The molecule has 6 nitrogen and oxygen atoms in total. The van der Waals surface area contributed by atoms with E-state index in [4.69, 9.17) is 9.52 Å². The second-order valence-corrected chi connectivity index (χ2v) is 4.22. The fourth-order valence-corrected chi connectivity index (χ4v) is 1.70. The molecule has 0 aliphatic carbocycles. The van der Waals surface area contributed by atoms with Crippen molar-refractivity contribution in [3.05, 3.63) is 24.2 Å². The number of nitrogens with zero attached hydrogens (tertiary/aromatic N) is 1. The van der Waals surface area contributed by atoms with Crippen molar-refractivity contribution in [3.8, 4) is 0 Å². The van der Waals surface area contributed by atoms with Gasteiger partial charge in [0.25, 0.3) is 0 Å². The standard InChI is InChI=1S/C13H20N2O4/c1-3-6-11(12(16)17)14-13(18)15(4-2)9-10-7-5-8-19-10/h5,7-8,11H,3-4,6,9H2,1-2H3,(H,14,18)(H,16,17)/t11-/m1/s1. The Morgan fingerprint density at radius 1 is 1.47 bits per heavy atom. The predicted octanol–water partition coefficient (Wildman–Crippen LogP) is 2.06. The molecule has 6 heteroatoms. The summed E-state index contributed by atoms with van der Waals surface area (Å²) >= 11 is 0. The third kappa shape index (κ3) is 4.65. The molecule has 0 bridgehead atoms. The number of hydrogen-bond donors (Lipinski definition) is 2. The highest BCUT2D eigenvalue weighted by atomic mass is 16.4. The van der Waals surface area contributed by atoms with Crippen LogP contribution in [0.3, 0.4) is 0 Å². The van der Waals surface area contributed by atoms with E-state index in [2.05, 4.69) is 5.32 Å². The monoisotopic (exact) mass is 268 g/mol. The van der Waals surface area contributed by atoms with Crippen molar-refractivity contribution in [2.45, 2.75) is 39.3 Å². The first-order valence-corrected chi connectivity index (χ1v) is 6.39. The summed E-state index contributed by atoms with van der Waals surface area (Å²) in [5.74, 6) is -0.344. The van der Waals surface area contributed by atoms with Crippen molar-refractivity contribution in [2.75, 3.05) is 6.54 Å². The summed E-state index contributed by atoms with van der Waals surface area (Å²) in [5, 5.41) is 11.5. The van der Waals surface area contributed by atoms with Gasteiger partial charge in [-0.1, -0.05) is 13.3 Å². The van der Waals surface area contributed by atoms with Gasteiger partial charge < -0.3 is 19.7 Å². The van der Waals surface area contributed by atoms with Gasteiger partial charge in [0.2, 0.25) is 0 Å². The number of amides is 2. The van der Waals surface area contributed by atoms with E-state index in [1.54, 1.807) is 12.1 Å². The number of urea groups is 1. The molecule has 1 aromatic rings. The average molecular weight is 268 g/mol. The van der Waals surface area contributed by atoms with Crippen LogP contribution in [0.1, 0.15) is 32.4 Å². The molecule has 106 valence electrons. The zero-order valence-corrected chi connectivity index (χ0v) is 11.3. The van der Waals surface area contributed by atoms with Crippen LogP contribution in [-0.2, 0) is 11.3 Å². The molecule has 2 amide bonds. The van der Waals surface area contributed by atoms with E-state index in [1.807, 2.05) is 13.8 Å². The largest absolute Gasteiger partial charge is 0.480 e. The quantitative estimate of drug-likeness (QED) is 0.793. The Morgan fingerprint density at radius 2 is 2.21 bits per heavy atom. The molecule has 0 radical (unpaired) electrons. The Morgan fingerprint density at radius 3 is 2.68 bits per heavy atom. The van der Waals surface area contributed by atoms with Gasteiger partial charge in [-0.05, 0) is 25.5 Å². The summed E-state index contributed by atoms with van der Waals surface area (Å²) in [6.07, 6.45) is 2.65. The molecule has 0 saturated carbocycles. The van der Waals surface area contributed by atoms with Crippen LogP contribution in [0.4, 0.5) is 4.79 Å². The van der Waals surface area contributed by atoms with Gasteiger partial charge in [-0.3, -0.25) is 0 Å². The second-order valence-electron chi connectivity index (χ2n) is 4.22. The predicted molar refractivity (Wildman–Crippen MR) is 69.7 cm³/mol. The van der Waals surface area contributed by atoms with E-state index in [0.29, 0.717) is 31.7 Å². The molecule has 1 aromatic heterocycles. The fraction of sp³-hybridized carbons (Fsp3) is 0.538. The lowest BCUT2D eigenvalue weighted by Crippen LogP contribution is -2.47. The molecular formula is C13H20N2O4. The number of carbonyl (C=O) groups excluding carboxylic acids is 1. The SMILES string of the molecule is CCC[C@@H](NC(=O)N(CC)Cc1ccco1)C(=O)O. The van der Waals surface area contributed by atoms with E-state index in [1.165, 1.54) is 11.2 Å². The first kappa shape index (κ1) is 15.1. The minimum absolute atomic E-state index is 0.327. The summed E-state index contributed by atoms with van der Waals surface area (Å²) in [6.45, 7) is 4.51. The number of nitrogens with one attached hydrogen (secondary N) is 1. The molecule has 1 heterocycles. The lowest BCUT2D eigenvalue weighted by atomic mass is 10.2. The maximum absolute atomic E-state index is 12.0. The number of carboxylic acid groups (broad SMARTS) is 1. The zero-order valence-electron chi connectivity index (χ0n) is 11.3. The zero-order chi connectivity index (χ0) is 14.3. The van der Waals surface area contributed by atoms with Crippen LogP contribution in [0.25, 0.3) is 0 Å². The summed E-state index contributed by atoms with van der Waals surface area (Å²) in [4.78, 5) is 24.5. The van der Waals surface area contributed by atoms with Crippen molar-refractivity contribution in [3.63, 3.8) is 0 Å². The van der Waals surface area contributed by atoms with Gasteiger partial charge >= 0.3 is 12.0 Å². The van der Waals surface area contributed by atoms with E-state index in [-0.39, 0.29) is 6.03 Å². The number of aliphatic carboxylic acids is 1. The van der Waals surface area contributed by atoms with Crippen molar-refractivity contribution in [1.82, 2.24) is 10.2 Å². The number of carboxylic acids is 1. The first-order valence-electron chi connectivity index (χ1n) is 6.39. The molecule has 0 aliphatic rings. The van der Waals surface area contributed by atoms with Gasteiger partial charge in [-0.25, -0.2) is 9.59 Å². The van der Waals surface area contributed by atoms with Crippen LogP contribution >= 0.6 is 0 Å². The summed E-state index contributed by atoms with van der Waals surface area (Å²) < 4.78 is 5.18. The number of carbonyl (C=O) groups is 2. The summed E-state index contributed by atoms with van der Waals surface area (Å²) in [7, 11) is 0. The van der Waals surface area contributed by atoms with Crippen molar-refractivity contribution < 1.29 is 19.1 Å². The molecule has 0 spiro atoms. The van der Waals surface area contributed by atoms with Gasteiger partial charge in [0.15, 0.2) is 0 Å². The van der Waals surface area contributed by atoms with E-state index in [0.717, 1.165) is 0 Å². The third-order valence-electron chi connectivity index (χ3n) is 2.77. The van der Waals surface area contributed by atoms with Crippen molar-refractivity contribution in [1.29, 1.82) is 0 Å². The summed E-state index contributed by atoms with van der Waals surface area (Å²) in [5.41, 5.74) is 0. The number of rotatable bonds is 7. The minimum atomic E-state index is -1.01. The topological polar surface area (TPSA) is 82.8 Å². The van der Waals surface area contributed by atoms with Crippen LogP contribution < -0.4 is 5.32 Å². The smallest absolute Gasteiger partial charge is 0.326 e. The molecule has 2 N–H and O–H groups in total. The lowest BCUT2D eigenvalue weighted by molar-refractivity contribution is -0.139. The Bertz CT molecular complexity index is 403. The Kier molecular flexibility index (Phi) is 5.92. The molecule has 1 rings (SSSR count). The average Bonchev–Trinajstić information content (AvgIpc) is 2.87. The molecule has 19 heavy (non-hydrogen) atoms. The Balaban J connectivity index is 2.59. The lowest BCUT2D eigenvalue weighted by Gasteiger charge is -2.23. The number of furan rings is 1. The van der Waals surface area contributed by atoms with Crippen LogP contribution in [-0.4, -0.2) is 34.6 Å². The molecule has 0 aliphatic heterocycles. The Hall–Kier alpha value is -1.98. The van der Waals surface area contributed by atoms with Crippen LogP contribution in [0.15, 0.2) is 22.8 Å². The first-order chi connectivity index (χ1) is 9.08. The molecular weight excluding hydrogens is 248 g/mol. The molecule has 0 saturated heterocycles.